The first kappa shape index (κ1) is 17.9. The summed E-state index contributed by atoms with van der Waals surface area (Å²) in [6.07, 6.45) is 0.608. The molecule has 3 rings (SSSR count). The molecule has 1 aliphatic heterocycles. The van der Waals surface area contributed by atoms with E-state index in [1.807, 2.05) is 32.7 Å². The number of hydrogen-bond acceptors (Lipinski definition) is 8. The van der Waals surface area contributed by atoms with Crippen molar-refractivity contribution in [1.29, 1.82) is 0 Å². The summed E-state index contributed by atoms with van der Waals surface area (Å²) in [7, 11) is 1.81. The van der Waals surface area contributed by atoms with E-state index in [1.165, 1.54) is 17.5 Å². The van der Waals surface area contributed by atoms with E-state index >= 15 is 0 Å². The minimum Gasteiger partial charge on any atom is -0.622 e. The van der Waals surface area contributed by atoms with Crippen LogP contribution in [0.25, 0.3) is 0 Å². The number of rotatable bonds is 3. The summed E-state index contributed by atoms with van der Waals surface area (Å²) in [6.45, 7) is 6.52. The molecule has 0 spiro atoms. The summed E-state index contributed by atoms with van der Waals surface area (Å²) in [5.74, 6) is -0.611. The summed E-state index contributed by atoms with van der Waals surface area (Å²) in [5.41, 5.74) is -0.0165. The van der Waals surface area contributed by atoms with Crippen molar-refractivity contribution in [3.05, 3.63) is 40.3 Å². The summed E-state index contributed by atoms with van der Waals surface area (Å²) in [6, 6.07) is 4.97. The smallest absolute Gasteiger partial charge is 0.361 e. The van der Waals surface area contributed by atoms with Gasteiger partial charge in [0.05, 0.1) is 6.54 Å². The van der Waals surface area contributed by atoms with Crippen molar-refractivity contribution in [2.75, 3.05) is 20.3 Å². The van der Waals surface area contributed by atoms with E-state index in [-0.39, 0.29) is 17.8 Å². The molecule has 2 atom stereocenters. The lowest BCUT2D eigenvalue weighted by atomic mass is 9.98. The molecule has 0 saturated carbocycles. The molecular weight excluding hydrogens is 342 g/mol. The number of esters is 1. The molecule has 0 aliphatic carbocycles. The van der Waals surface area contributed by atoms with Gasteiger partial charge in [0.1, 0.15) is 17.4 Å². The molecule has 0 bridgehead atoms. The standard InChI is InChI=1S/C16H21N5O3S/c1-16(2,3)14-18-19-15(25-14)21(23)10-20(4)9-12(21)24-13(22)11-7-5-6-8-17-11/h5-8,12H,9-10H2,1-4H3. The van der Waals surface area contributed by atoms with Gasteiger partial charge in [0.15, 0.2) is 0 Å². The largest absolute Gasteiger partial charge is 0.622 e. The van der Waals surface area contributed by atoms with Gasteiger partial charge >= 0.3 is 11.1 Å². The molecule has 2 unspecified atom stereocenters. The van der Waals surface area contributed by atoms with Crippen molar-refractivity contribution in [3.63, 3.8) is 0 Å². The van der Waals surface area contributed by atoms with Crippen LogP contribution in [0.1, 0.15) is 36.3 Å². The zero-order valence-corrected chi connectivity index (χ0v) is 15.5. The van der Waals surface area contributed by atoms with E-state index in [2.05, 4.69) is 15.2 Å². The van der Waals surface area contributed by atoms with Crippen LogP contribution in [0.5, 0.6) is 0 Å². The third-order valence-corrected chi connectivity index (χ3v) is 5.34. The Morgan fingerprint density at radius 3 is 2.76 bits per heavy atom. The second kappa shape index (κ2) is 6.41. The maximum absolute atomic E-state index is 13.5. The predicted molar refractivity (Wildman–Crippen MR) is 94.7 cm³/mol. The lowest BCUT2D eigenvalue weighted by Gasteiger charge is -2.38. The van der Waals surface area contributed by atoms with Crippen LogP contribution >= 0.6 is 11.3 Å². The van der Waals surface area contributed by atoms with E-state index in [1.54, 1.807) is 18.2 Å². The molecule has 0 amide bonds. The molecule has 3 heterocycles. The average Bonchev–Trinajstić information content (AvgIpc) is 3.14. The van der Waals surface area contributed by atoms with Crippen LogP contribution in [-0.4, -0.2) is 52.5 Å². The van der Waals surface area contributed by atoms with Gasteiger partial charge in [-0.05, 0) is 30.5 Å². The Labute approximate surface area is 150 Å². The van der Waals surface area contributed by atoms with Gasteiger partial charge in [-0.25, -0.2) is 14.7 Å². The van der Waals surface area contributed by atoms with E-state index in [4.69, 9.17) is 4.74 Å². The van der Waals surface area contributed by atoms with Gasteiger partial charge in [-0.15, -0.1) is 5.10 Å². The molecule has 9 heteroatoms. The van der Waals surface area contributed by atoms with Crippen LogP contribution in [0.4, 0.5) is 5.13 Å². The van der Waals surface area contributed by atoms with E-state index < -0.39 is 16.8 Å². The van der Waals surface area contributed by atoms with Crippen molar-refractivity contribution in [3.8, 4) is 0 Å². The Bertz CT molecular complexity index is 761. The van der Waals surface area contributed by atoms with E-state index in [0.717, 1.165) is 5.01 Å². The van der Waals surface area contributed by atoms with Crippen molar-refractivity contribution < 1.29 is 9.53 Å². The molecule has 0 radical (unpaired) electrons. The molecule has 1 saturated heterocycles. The van der Waals surface area contributed by atoms with Crippen LogP contribution in [0.3, 0.4) is 0 Å². The van der Waals surface area contributed by atoms with Crippen molar-refractivity contribution >= 4 is 22.4 Å². The lowest BCUT2D eigenvalue weighted by Crippen LogP contribution is -2.50. The monoisotopic (exact) mass is 363 g/mol. The van der Waals surface area contributed by atoms with Gasteiger partial charge in [-0.1, -0.05) is 31.9 Å². The Morgan fingerprint density at radius 2 is 2.16 bits per heavy atom. The number of carbonyl (C=O) groups excluding carboxylic acids is 1. The number of hydroxylamine groups is 2. The predicted octanol–water partition coefficient (Wildman–Crippen LogP) is 2.12. The molecule has 2 aromatic rings. The molecule has 0 N–H and O–H groups in total. The van der Waals surface area contributed by atoms with Gasteiger partial charge in [-0.2, -0.15) is 0 Å². The summed E-state index contributed by atoms with van der Waals surface area (Å²) in [5, 5.41) is 22.8. The average molecular weight is 363 g/mol. The van der Waals surface area contributed by atoms with E-state index in [9.17, 15) is 10.0 Å². The summed E-state index contributed by atoms with van der Waals surface area (Å²) >= 11 is 1.27. The highest BCUT2D eigenvalue weighted by molar-refractivity contribution is 7.15. The summed E-state index contributed by atoms with van der Waals surface area (Å²) < 4.78 is 4.64. The fourth-order valence-electron chi connectivity index (χ4n) is 2.55. The fourth-order valence-corrected chi connectivity index (χ4v) is 3.52. The summed E-state index contributed by atoms with van der Waals surface area (Å²) in [4.78, 5) is 18.1. The van der Waals surface area contributed by atoms with Crippen LogP contribution < -0.4 is 4.65 Å². The molecule has 134 valence electrons. The number of nitrogens with zero attached hydrogens (tertiary/aromatic N) is 5. The highest BCUT2D eigenvalue weighted by Gasteiger charge is 2.46. The van der Waals surface area contributed by atoms with Gasteiger partial charge in [0.2, 0.25) is 0 Å². The van der Waals surface area contributed by atoms with Crippen molar-refractivity contribution in [2.24, 2.45) is 0 Å². The number of pyridine rings is 1. The lowest BCUT2D eigenvalue weighted by molar-refractivity contribution is 0.00497. The second-order valence-corrected chi connectivity index (χ2v) is 8.15. The third-order valence-electron chi connectivity index (χ3n) is 3.88. The number of hydrogen-bond donors (Lipinski definition) is 0. The highest BCUT2D eigenvalue weighted by atomic mass is 32.1. The third kappa shape index (κ3) is 3.54. The van der Waals surface area contributed by atoms with Gasteiger partial charge < -0.3 is 9.94 Å². The Morgan fingerprint density at radius 1 is 1.40 bits per heavy atom. The maximum Gasteiger partial charge on any atom is 0.361 e. The molecule has 1 aliphatic rings. The first-order valence-corrected chi connectivity index (χ1v) is 8.75. The topological polar surface area (TPSA) is 91.3 Å². The Balaban J connectivity index is 1.85. The maximum atomic E-state index is 13.5. The molecular formula is C16H21N5O3S. The molecule has 0 aromatic carbocycles. The number of ether oxygens (including phenoxy) is 1. The molecule has 2 aromatic heterocycles. The van der Waals surface area contributed by atoms with E-state index in [0.29, 0.717) is 11.7 Å². The van der Waals surface area contributed by atoms with Crippen molar-refractivity contribution in [2.45, 2.75) is 32.4 Å². The molecule has 25 heavy (non-hydrogen) atoms. The first-order valence-electron chi connectivity index (χ1n) is 7.94. The first-order chi connectivity index (χ1) is 11.7. The van der Waals surface area contributed by atoms with Crippen LogP contribution in [0.15, 0.2) is 24.4 Å². The SMILES string of the molecule is CN1CC(OC(=O)c2ccccn2)[N+]([O-])(c2nnc(C(C)(C)C)s2)C1. The number of likely N-dealkylation sites (N-methyl/N-ethyl adjacent to an activating group) is 1. The van der Waals surface area contributed by atoms with Crippen LogP contribution in [-0.2, 0) is 10.2 Å². The van der Waals surface area contributed by atoms with Crippen molar-refractivity contribution in [1.82, 2.24) is 24.7 Å². The molecule has 8 nitrogen and oxygen atoms in total. The normalized spacial score (nSPS) is 24.4. The fraction of sp³-hybridized carbons (Fsp3) is 0.500. The molecule has 1 fully saturated rings. The number of carbonyl (C=O) groups is 1. The Kier molecular flexibility index (Phi) is 4.58. The second-order valence-electron chi connectivity index (χ2n) is 7.19. The van der Waals surface area contributed by atoms with Gasteiger partial charge in [-0.3, -0.25) is 4.65 Å². The van der Waals surface area contributed by atoms with Crippen LogP contribution in [0.2, 0.25) is 0 Å². The quantitative estimate of drug-likeness (QED) is 0.468. The van der Waals surface area contributed by atoms with Crippen LogP contribution in [0, 0.1) is 5.21 Å². The number of aromatic nitrogens is 3. The van der Waals surface area contributed by atoms with Gasteiger partial charge in [0, 0.05) is 11.6 Å². The highest BCUT2D eigenvalue weighted by Crippen LogP contribution is 2.37. The zero-order valence-electron chi connectivity index (χ0n) is 14.7. The Hall–Kier alpha value is -1.94. The zero-order chi connectivity index (χ0) is 18.2. The number of quaternary nitrogens is 1. The minimum absolute atomic E-state index is 0.152. The van der Waals surface area contributed by atoms with Gasteiger partial charge in [0.25, 0.3) is 6.23 Å². The minimum atomic E-state index is -0.903.